The number of imidazole rings is 1. The topological polar surface area (TPSA) is 102 Å². The first kappa shape index (κ1) is 29.8. The summed E-state index contributed by atoms with van der Waals surface area (Å²) in [6.07, 6.45) is 9.77. The minimum atomic E-state index is -0.236. The van der Waals surface area contributed by atoms with Crippen LogP contribution in [-0.2, 0) is 6.42 Å². The van der Waals surface area contributed by atoms with Crippen molar-refractivity contribution < 1.29 is 4.39 Å². The second kappa shape index (κ2) is 12.8. The molecular formula is C36H38FN9. The first-order chi connectivity index (χ1) is 22.4. The molecule has 0 saturated carbocycles. The van der Waals surface area contributed by atoms with Gasteiger partial charge in [-0.25, -0.2) is 14.4 Å². The second-order valence-corrected chi connectivity index (χ2v) is 12.4. The third kappa shape index (κ3) is 6.40. The number of anilines is 1. The van der Waals surface area contributed by atoms with Gasteiger partial charge in [-0.2, -0.15) is 5.10 Å². The fraction of sp³-hybridized carbons (Fsp3) is 0.278. The molecule has 3 N–H and O–H groups in total. The second-order valence-electron chi connectivity index (χ2n) is 12.4. The van der Waals surface area contributed by atoms with E-state index >= 15 is 0 Å². The number of aromatic nitrogens is 6. The van der Waals surface area contributed by atoms with Gasteiger partial charge in [0.05, 0.1) is 22.9 Å². The Labute approximate surface area is 267 Å². The summed E-state index contributed by atoms with van der Waals surface area (Å²) in [5.74, 6) is 0.356. The fourth-order valence-electron chi connectivity index (χ4n) is 6.39. The van der Waals surface area contributed by atoms with Gasteiger partial charge in [-0.15, -0.1) is 0 Å². The fourth-order valence-corrected chi connectivity index (χ4v) is 6.39. The van der Waals surface area contributed by atoms with Crippen molar-refractivity contribution in [3.05, 3.63) is 90.8 Å². The number of benzene rings is 2. The maximum atomic E-state index is 14.9. The lowest BCUT2D eigenvalue weighted by atomic mass is 10.0. The smallest absolute Gasteiger partial charge is 0.178 e. The summed E-state index contributed by atoms with van der Waals surface area (Å²) in [4.78, 5) is 21.8. The van der Waals surface area contributed by atoms with Crippen LogP contribution < -0.4 is 5.32 Å². The number of pyridine rings is 2. The van der Waals surface area contributed by atoms with Crippen molar-refractivity contribution in [2.24, 2.45) is 0 Å². The average molecular weight is 616 g/mol. The molecule has 7 rings (SSSR count). The van der Waals surface area contributed by atoms with Gasteiger partial charge in [-0.05, 0) is 113 Å². The van der Waals surface area contributed by atoms with E-state index in [1.807, 2.05) is 38.5 Å². The molecular weight excluding hydrogens is 577 g/mol. The average Bonchev–Trinajstić information content (AvgIpc) is 3.80. The number of halogens is 1. The zero-order chi connectivity index (χ0) is 31.6. The van der Waals surface area contributed by atoms with Crippen molar-refractivity contribution in [3.8, 4) is 33.8 Å². The van der Waals surface area contributed by atoms with Crippen molar-refractivity contribution >= 4 is 27.8 Å². The van der Waals surface area contributed by atoms with Crippen LogP contribution in [0.4, 0.5) is 10.1 Å². The Hall–Kier alpha value is -4.93. The highest BCUT2D eigenvalue weighted by Gasteiger charge is 2.18. The summed E-state index contributed by atoms with van der Waals surface area (Å²) in [6.45, 7) is 8.25. The summed E-state index contributed by atoms with van der Waals surface area (Å²) in [6, 6.07) is 15.4. The molecule has 0 bridgehead atoms. The van der Waals surface area contributed by atoms with Crippen LogP contribution in [0.3, 0.4) is 0 Å². The molecule has 234 valence electrons. The number of fused-ring (bicyclic) bond motifs is 2. The van der Waals surface area contributed by atoms with E-state index in [1.165, 1.54) is 25.9 Å². The Morgan fingerprint density at radius 2 is 1.89 bits per heavy atom. The SMILES string of the molecule is C=C(CN(C)C)Nc1cncc(-c2ccc3[nH]nc(-c4nc5nccc(-c6cc(F)cc(CCCN7CCCC7)c6)c5[nH]4)c3c2)c1. The largest absolute Gasteiger partial charge is 0.357 e. The van der Waals surface area contributed by atoms with Crippen molar-refractivity contribution in [2.45, 2.75) is 25.7 Å². The Balaban J connectivity index is 1.18. The van der Waals surface area contributed by atoms with Gasteiger partial charge < -0.3 is 20.1 Å². The standard InChI is InChI=1S/C36H38FN9/c1-23(22-45(2)3)40-29-18-27(20-38-21-29)25-8-9-32-31(19-25)34(44-43-32)36-41-33-30(10-11-39-35(33)42-36)26-15-24(16-28(37)17-26)7-6-14-46-12-4-5-13-46/h8-11,15-21,40H,1,4-7,12-14,22H2,2-3H3,(H,43,44)(H,39,41,42). The molecule has 2 aromatic carbocycles. The predicted molar refractivity (Wildman–Crippen MR) is 183 cm³/mol. The molecule has 1 saturated heterocycles. The molecule has 0 unspecified atom stereocenters. The lowest BCUT2D eigenvalue weighted by molar-refractivity contribution is 0.334. The minimum absolute atomic E-state index is 0.236. The number of nitrogens with one attached hydrogen (secondary N) is 3. The number of likely N-dealkylation sites (tertiary alicyclic amines) is 1. The summed E-state index contributed by atoms with van der Waals surface area (Å²) in [5.41, 5.74) is 9.27. The van der Waals surface area contributed by atoms with E-state index < -0.39 is 0 Å². The number of hydrogen-bond donors (Lipinski definition) is 3. The predicted octanol–water partition coefficient (Wildman–Crippen LogP) is 6.88. The molecule has 5 heterocycles. The number of aromatic amines is 2. The van der Waals surface area contributed by atoms with Crippen LogP contribution in [0.5, 0.6) is 0 Å². The van der Waals surface area contributed by atoms with Gasteiger partial charge in [0.1, 0.15) is 11.5 Å². The van der Waals surface area contributed by atoms with Gasteiger partial charge in [0, 0.05) is 41.1 Å². The Bertz CT molecular complexity index is 2020. The molecule has 1 aliphatic heterocycles. The van der Waals surface area contributed by atoms with Crippen molar-refractivity contribution in [1.29, 1.82) is 0 Å². The van der Waals surface area contributed by atoms with E-state index in [1.54, 1.807) is 24.5 Å². The van der Waals surface area contributed by atoms with E-state index in [2.05, 4.69) is 65.0 Å². The molecule has 0 spiro atoms. The minimum Gasteiger partial charge on any atom is -0.357 e. The quantitative estimate of drug-likeness (QED) is 0.146. The van der Waals surface area contributed by atoms with E-state index in [-0.39, 0.29) is 5.82 Å². The van der Waals surface area contributed by atoms with Gasteiger partial charge in [0.15, 0.2) is 11.5 Å². The van der Waals surface area contributed by atoms with Crippen molar-refractivity contribution in [3.63, 3.8) is 0 Å². The highest BCUT2D eigenvalue weighted by Crippen LogP contribution is 2.33. The van der Waals surface area contributed by atoms with Crippen LogP contribution in [0, 0.1) is 5.82 Å². The van der Waals surface area contributed by atoms with Crippen LogP contribution in [0.15, 0.2) is 79.4 Å². The first-order valence-corrected chi connectivity index (χ1v) is 15.8. The van der Waals surface area contributed by atoms with E-state index in [0.29, 0.717) is 17.2 Å². The van der Waals surface area contributed by atoms with Gasteiger partial charge in [0.25, 0.3) is 0 Å². The lowest BCUT2D eigenvalue weighted by Gasteiger charge is -2.14. The summed E-state index contributed by atoms with van der Waals surface area (Å²) in [5, 5.41) is 12.0. The van der Waals surface area contributed by atoms with Crippen LogP contribution in [0.2, 0.25) is 0 Å². The third-order valence-electron chi connectivity index (χ3n) is 8.49. The van der Waals surface area contributed by atoms with Gasteiger partial charge in [-0.1, -0.05) is 18.7 Å². The molecule has 0 radical (unpaired) electrons. The van der Waals surface area contributed by atoms with Crippen molar-refractivity contribution in [1.82, 2.24) is 39.9 Å². The summed E-state index contributed by atoms with van der Waals surface area (Å²) < 4.78 is 14.9. The molecule has 9 nitrogen and oxygen atoms in total. The Kier molecular flexibility index (Phi) is 8.30. The van der Waals surface area contributed by atoms with E-state index in [0.717, 1.165) is 81.6 Å². The van der Waals surface area contributed by atoms with Crippen molar-refractivity contribution in [2.75, 3.05) is 45.6 Å². The normalized spacial score (nSPS) is 13.7. The van der Waals surface area contributed by atoms with E-state index in [4.69, 9.17) is 4.98 Å². The lowest BCUT2D eigenvalue weighted by Crippen LogP contribution is -2.20. The maximum Gasteiger partial charge on any atom is 0.178 e. The summed E-state index contributed by atoms with van der Waals surface area (Å²) >= 11 is 0. The monoisotopic (exact) mass is 615 g/mol. The van der Waals surface area contributed by atoms with Crippen LogP contribution in [0.1, 0.15) is 24.8 Å². The summed E-state index contributed by atoms with van der Waals surface area (Å²) in [7, 11) is 4.01. The highest BCUT2D eigenvalue weighted by atomic mass is 19.1. The van der Waals surface area contributed by atoms with Crippen LogP contribution >= 0.6 is 0 Å². The van der Waals surface area contributed by atoms with Gasteiger partial charge >= 0.3 is 0 Å². The number of nitrogens with zero attached hydrogens (tertiary/aromatic N) is 6. The third-order valence-corrected chi connectivity index (χ3v) is 8.49. The molecule has 46 heavy (non-hydrogen) atoms. The van der Waals surface area contributed by atoms with Crippen LogP contribution in [-0.4, -0.2) is 80.2 Å². The highest BCUT2D eigenvalue weighted by molar-refractivity contribution is 5.97. The number of H-pyrrole nitrogens is 2. The van der Waals surface area contributed by atoms with Crippen LogP contribution in [0.25, 0.3) is 55.8 Å². The molecule has 0 atom stereocenters. The molecule has 4 aromatic heterocycles. The Morgan fingerprint density at radius 1 is 1.02 bits per heavy atom. The molecule has 0 amide bonds. The Morgan fingerprint density at radius 3 is 2.74 bits per heavy atom. The van der Waals surface area contributed by atoms with Gasteiger partial charge in [0.2, 0.25) is 0 Å². The van der Waals surface area contributed by atoms with Gasteiger partial charge in [-0.3, -0.25) is 10.1 Å². The molecule has 6 aromatic rings. The molecule has 1 aliphatic rings. The van der Waals surface area contributed by atoms with E-state index in [9.17, 15) is 4.39 Å². The zero-order valence-electron chi connectivity index (χ0n) is 26.3. The molecule has 10 heteroatoms. The number of hydrogen-bond acceptors (Lipinski definition) is 7. The number of rotatable bonds is 11. The zero-order valence-corrected chi connectivity index (χ0v) is 26.3. The number of aryl methyl sites for hydroxylation is 1. The first-order valence-electron chi connectivity index (χ1n) is 15.8. The maximum absolute atomic E-state index is 14.9. The molecule has 1 fully saturated rings. The molecule has 0 aliphatic carbocycles. The number of likely N-dealkylation sites (N-methyl/N-ethyl adjacent to an activating group) is 1.